The maximum absolute atomic E-state index is 12.2. The molecule has 0 bridgehead atoms. The first-order valence-corrected chi connectivity index (χ1v) is 7.48. The van der Waals surface area contributed by atoms with Gasteiger partial charge in [-0.25, -0.2) is 0 Å². The first-order valence-electron chi connectivity index (χ1n) is 7.48. The Balaban J connectivity index is 1.54. The topological polar surface area (TPSA) is 50.4 Å². The molecule has 0 spiro atoms. The van der Waals surface area contributed by atoms with E-state index in [1.165, 1.54) is 5.56 Å². The fourth-order valence-corrected chi connectivity index (χ4v) is 3.17. The van der Waals surface area contributed by atoms with Crippen molar-refractivity contribution < 1.29 is 9.53 Å². The predicted molar refractivity (Wildman–Crippen MR) is 78.9 cm³/mol. The lowest BCUT2D eigenvalue weighted by Gasteiger charge is -2.21. The molecule has 0 aromatic heterocycles. The van der Waals surface area contributed by atoms with Crippen molar-refractivity contribution in [1.29, 1.82) is 0 Å². The van der Waals surface area contributed by atoms with Crippen LogP contribution in [0.2, 0.25) is 0 Å². The molecule has 1 fully saturated rings. The second-order valence-corrected chi connectivity index (χ2v) is 5.78. The van der Waals surface area contributed by atoms with Crippen molar-refractivity contribution in [1.82, 2.24) is 5.32 Å². The number of ether oxygens (including phenoxy) is 1. The Morgan fingerprint density at radius 1 is 1.50 bits per heavy atom. The first-order chi connectivity index (χ1) is 9.74. The van der Waals surface area contributed by atoms with E-state index in [0.29, 0.717) is 6.42 Å². The molecule has 1 aromatic rings. The van der Waals surface area contributed by atoms with Crippen LogP contribution in [0, 0.1) is 0 Å². The van der Waals surface area contributed by atoms with Crippen molar-refractivity contribution >= 4 is 11.6 Å². The highest BCUT2D eigenvalue weighted by molar-refractivity contribution is 5.78. The van der Waals surface area contributed by atoms with Crippen molar-refractivity contribution in [3.05, 3.63) is 29.8 Å². The summed E-state index contributed by atoms with van der Waals surface area (Å²) in [5.41, 5.74) is 2.42. The quantitative estimate of drug-likeness (QED) is 0.885. The molecular weight excluding hydrogens is 252 g/mol. The van der Waals surface area contributed by atoms with E-state index in [1.54, 1.807) is 0 Å². The maximum Gasteiger partial charge on any atom is 0.220 e. The second-order valence-electron chi connectivity index (χ2n) is 5.78. The third-order valence-electron chi connectivity index (χ3n) is 4.28. The average molecular weight is 274 g/mol. The molecule has 20 heavy (non-hydrogen) atoms. The standard InChI is InChI=1S/C16H22N2O2/c1-11(15-7-4-8-20-15)18-16(19)9-12-10-17-14-6-3-2-5-13(12)14/h2-3,5-6,11-12,15,17H,4,7-10H2,1H3,(H,18,19). The smallest absolute Gasteiger partial charge is 0.220 e. The van der Waals surface area contributed by atoms with Crippen LogP contribution in [0.5, 0.6) is 0 Å². The Bertz CT molecular complexity index is 483. The number of nitrogens with one attached hydrogen (secondary N) is 2. The van der Waals surface area contributed by atoms with Crippen molar-refractivity contribution in [3.8, 4) is 0 Å². The van der Waals surface area contributed by atoms with Crippen LogP contribution >= 0.6 is 0 Å². The summed E-state index contributed by atoms with van der Waals surface area (Å²) in [5, 5.41) is 6.45. The molecule has 1 saturated heterocycles. The molecule has 2 aliphatic rings. The minimum absolute atomic E-state index is 0.106. The summed E-state index contributed by atoms with van der Waals surface area (Å²) >= 11 is 0. The number of hydrogen-bond donors (Lipinski definition) is 2. The number of hydrogen-bond acceptors (Lipinski definition) is 3. The Morgan fingerprint density at radius 3 is 3.15 bits per heavy atom. The Hall–Kier alpha value is -1.55. The zero-order chi connectivity index (χ0) is 13.9. The second kappa shape index (κ2) is 5.83. The molecule has 0 saturated carbocycles. The Kier molecular flexibility index (Phi) is 3.92. The third-order valence-corrected chi connectivity index (χ3v) is 4.28. The molecule has 1 aromatic carbocycles. The molecule has 1 amide bonds. The molecule has 2 heterocycles. The van der Waals surface area contributed by atoms with E-state index in [2.05, 4.69) is 22.8 Å². The molecule has 3 atom stereocenters. The number of benzene rings is 1. The number of para-hydroxylation sites is 1. The largest absolute Gasteiger partial charge is 0.384 e. The van der Waals surface area contributed by atoms with Gasteiger partial charge in [0, 0.05) is 31.2 Å². The van der Waals surface area contributed by atoms with Gasteiger partial charge in [0.2, 0.25) is 5.91 Å². The number of fused-ring (bicyclic) bond motifs is 1. The highest BCUT2D eigenvalue weighted by Gasteiger charge is 2.27. The maximum atomic E-state index is 12.2. The summed E-state index contributed by atoms with van der Waals surface area (Å²) in [6, 6.07) is 8.34. The average Bonchev–Trinajstić information content (AvgIpc) is 3.09. The lowest BCUT2D eigenvalue weighted by Crippen LogP contribution is -2.41. The van der Waals surface area contributed by atoms with Gasteiger partial charge in [-0.2, -0.15) is 0 Å². The van der Waals surface area contributed by atoms with E-state index in [-0.39, 0.29) is 24.0 Å². The molecule has 4 heteroatoms. The monoisotopic (exact) mass is 274 g/mol. The van der Waals surface area contributed by atoms with Gasteiger partial charge in [-0.15, -0.1) is 0 Å². The fraction of sp³-hybridized carbons (Fsp3) is 0.562. The van der Waals surface area contributed by atoms with Gasteiger partial charge in [-0.05, 0) is 31.4 Å². The fourth-order valence-electron chi connectivity index (χ4n) is 3.17. The van der Waals surface area contributed by atoms with Crippen LogP contribution < -0.4 is 10.6 Å². The molecule has 3 rings (SSSR count). The number of amides is 1. The normalized spacial score (nSPS) is 25.9. The summed E-state index contributed by atoms with van der Waals surface area (Å²) in [7, 11) is 0. The van der Waals surface area contributed by atoms with Crippen molar-refractivity contribution in [2.75, 3.05) is 18.5 Å². The zero-order valence-electron chi connectivity index (χ0n) is 11.9. The van der Waals surface area contributed by atoms with Crippen molar-refractivity contribution in [3.63, 3.8) is 0 Å². The highest BCUT2D eigenvalue weighted by Crippen LogP contribution is 2.33. The number of rotatable bonds is 4. The van der Waals surface area contributed by atoms with Gasteiger partial charge in [0.1, 0.15) is 0 Å². The van der Waals surface area contributed by atoms with Gasteiger partial charge in [0.25, 0.3) is 0 Å². The summed E-state index contributed by atoms with van der Waals surface area (Å²) in [6.07, 6.45) is 2.88. The summed E-state index contributed by atoms with van der Waals surface area (Å²) in [5.74, 6) is 0.402. The number of carbonyl (C=O) groups is 1. The van der Waals surface area contributed by atoms with Gasteiger partial charge >= 0.3 is 0 Å². The Morgan fingerprint density at radius 2 is 2.35 bits per heavy atom. The predicted octanol–water partition coefficient (Wildman–Crippen LogP) is 2.27. The number of anilines is 1. The summed E-state index contributed by atoms with van der Waals surface area (Å²) < 4.78 is 5.61. The molecule has 108 valence electrons. The van der Waals surface area contributed by atoms with Gasteiger partial charge in [-0.1, -0.05) is 18.2 Å². The van der Waals surface area contributed by atoms with Crippen LogP contribution in [0.4, 0.5) is 5.69 Å². The molecule has 3 unspecified atom stereocenters. The van der Waals surface area contributed by atoms with Gasteiger partial charge in [0.15, 0.2) is 0 Å². The van der Waals surface area contributed by atoms with E-state index < -0.39 is 0 Å². The molecular formula is C16H22N2O2. The van der Waals surface area contributed by atoms with E-state index in [4.69, 9.17) is 4.74 Å². The van der Waals surface area contributed by atoms with Crippen LogP contribution in [0.15, 0.2) is 24.3 Å². The zero-order valence-corrected chi connectivity index (χ0v) is 11.9. The molecule has 2 aliphatic heterocycles. The van der Waals surface area contributed by atoms with E-state index in [1.807, 2.05) is 19.1 Å². The number of carbonyl (C=O) groups excluding carboxylic acids is 1. The van der Waals surface area contributed by atoms with Gasteiger partial charge < -0.3 is 15.4 Å². The summed E-state index contributed by atoms with van der Waals surface area (Å²) in [6.45, 7) is 3.71. The minimum Gasteiger partial charge on any atom is -0.384 e. The molecule has 4 nitrogen and oxygen atoms in total. The van der Waals surface area contributed by atoms with Crippen LogP contribution in [-0.2, 0) is 9.53 Å². The van der Waals surface area contributed by atoms with Crippen molar-refractivity contribution in [2.45, 2.75) is 44.2 Å². The molecule has 0 aliphatic carbocycles. The van der Waals surface area contributed by atoms with Gasteiger partial charge in [0.05, 0.1) is 12.1 Å². The SMILES string of the molecule is CC(NC(=O)CC1CNc2ccccc21)C1CCCO1. The Labute approximate surface area is 119 Å². The van der Waals surface area contributed by atoms with E-state index in [9.17, 15) is 4.79 Å². The van der Waals surface area contributed by atoms with Crippen LogP contribution in [-0.4, -0.2) is 31.2 Å². The van der Waals surface area contributed by atoms with Gasteiger partial charge in [-0.3, -0.25) is 4.79 Å². The molecule has 0 radical (unpaired) electrons. The van der Waals surface area contributed by atoms with Crippen LogP contribution in [0.1, 0.15) is 37.7 Å². The lowest BCUT2D eigenvalue weighted by molar-refractivity contribution is -0.122. The van der Waals surface area contributed by atoms with E-state index in [0.717, 1.165) is 31.7 Å². The third kappa shape index (κ3) is 2.80. The molecule has 2 N–H and O–H groups in total. The summed E-state index contributed by atoms with van der Waals surface area (Å²) in [4.78, 5) is 12.2. The lowest BCUT2D eigenvalue weighted by atomic mass is 9.97. The van der Waals surface area contributed by atoms with Crippen LogP contribution in [0.3, 0.4) is 0 Å². The minimum atomic E-state index is 0.106. The van der Waals surface area contributed by atoms with Crippen LogP contribution in [0.25, 0.3) is 0 Å². The van der Waals surface area contributed by atoms with Crippen molar-refractivity contribution in [2.24, 2.45) is 0 Å². The highest BCUT2D eigenvalue weighted by atomic mass is 16.5. The van der Waals surface area contributed by atoms with E-state index >= 15 is 0 Å². The first kappa shape index (κ1) is 13.4.